The van der Waals surface area contributed by atoms with Gasteiger partial charge in [0.2, 0.25) is 0 Å². The first-order valence-corrected chi connectivity index (χ1v) is 7.22. The van der Waals surface area contributed by atoms with Crippen LogP contribution in [0.4, 0.5) is 0 Å². The van der Waals surface area contributed by atoms with Crippen LogP contribution in [-0.2, 0) is 0 Å². The summed E-state index contributed by atoms with van der Waals surface area (Å²) in [5.74, 6) is 0.783. The summed E-state index contributed by atoms with van der Waals surface area (Å²) in [7, 11) is 0. The highest BCUT2D eigenvalue weighted by molar-refractivity contribution is 6.30. The fourth-order valence-corrected chi connectivity index (χ4v) is 2.56. The van der Waals surface area contributed by atoms with Crippen LogP contribution in [-0.4, -0.2) is 36.2 Å². The zero-order valence-electron chi connectivity index (χ0n) is 11.4. The molecule has 1 saturated heterocycles. The largest absolute Gasteiger partial charge is 0.356 e. The van der Waals surface area contributed by atoms with Crippen LogP contribution in [0, 0.1) is 0 Å². The van der Waals surface area contributed by atoms with Crippen molar-refractivity contribution in [2.75, 3.05) is 26.2 Å². The highest BCUT2D eigenvalue weighted by Crippen LogP contribution is 2.26. The first kappa shape index (κ1) is 13.6. The third kappa shape index (κ3) is 2.87. The Morgan fingerprint density at radius 3 is 2.60 bits per heavy atom. The van der Waals surface area contributed by atoms with Gasteiger partial charge in [0.05, 0.1) is 6.04 Å². The molecule has 2 aromatic rings. The number of rotatable bonds is 3. The molecule has 1 unspecified atom stereocenters. The number of piperazine rings is 1. The van der Waals surface area contributed by atoms with Crippen molar-refractivity contribution in [2.24, 2.45) is 0 Å². The fraction of sp³-hybridized carbons (Fsp3) is 0.400. The maximum atomic E-state index is 5.89. The van der Waals surface area contributed by atoms with Crippen LogP contribution in [0.15, 0.2) is 34.9 Å². The zero-order valence-corrected chi connectivity index (χ0v) is 12.2. The van der Waals surface area contributed by atoms with E-state index in [1.165, 1.54) is 0 Å². The Hall–Kier alpha value is -1.36. The van der Waals surface area contributed by atoms with Crippen LogP contribution in [0.5, 0.6) is 0 Å². The Morgan fingerprint density at radius 2 is 1.90 bits per heavy atom. The summed E-state index contributed by atoms with van der Waals surface area (Å²) in [5, 5.41) is 9.30. The molecule has 1 aromatic carbocycles. The van der Waals surface area contributed by atoms with Gasteiger partial charge < -0.3 is 4.52 Å². The van der Waals surface area contributed by atoms with Crippen molar-refractivity contribution in [1.82, 2.24) is 15.4 Å². The highest BCUT2D eigenvalue weighted by Gasteiger charge is 2.21. The summed E-state index contributed by atoms with van der Waals surface area (Å²) >= 11 is 5.89. The summed E-state index contributed by atoms with van der Waals surface area (Å²) in [6.07, 6.45) is 0. The van der Waals surface area contributed by atoms with Crippen LogP contribution in [0.2, 0.25) is 5.02 Å². The van der Waals surface area contributed by atoms with Crippen molar-refractivity contribution in [1.29, 1.82) is 0 Å². The molecule has 1 aliphatic rings. The van der Waals surface area contributed by atoms with Gasteiger partial charge in [-0.1, -0.05) is 16.8 Å². The number of hydrogen-bond acceptors (Lipinski definition) is 3. The smallest absolute Gasteiger partial charge is 0.167 e. The Balaban J connectivity index is 1.77. The normalized spacial score (nSPS) is 18.1. The minimum atomic E-state index is 0.260. The van der Waals surface area contributed by atoms with Gasteiger partial charge in [-0.3, -0.25) is 4.90 Å². The first-order chi connectivity index (χ1) is 9.74. The average molecular weight is 291 g/mol. The number of benzene rings is 1. The Morgan fingerprint density at radius 1 is 1.20 bits per heavy atom. The molecule has 105 valence electrons. The van der Waals surface area contributed by atoms with Gasteiger partial charge in [-0.2, -0.15) is 0 Å². The third-order valence-corrected chi connectivity index (χ3v) is 3.98. The van der Waals surface area contributed by atoms with E-state index in [4.69, 9.17) is 16.1 Å². The first-order valence-electron chi connectivity index (χ1n) is 6.84. The number of aromatic nitrogens is 1. The number of halogens is 1. The SMILES string of the molecule is CC(c1cc(-c2ccc(Cl)cc2)on1)N1CC[N]CC1. The average Bonchev–Trinajstić information content (AvgIpc) is 2.98. The van der Waals surface area contributed by atoms with E-state index in [0.717, 1.165) is 48.2 Å². The molecule has 3 rings (SSSR count). The van der Waals surface area contributed by atoms with Gasteiger partial charge in [0.1, 0.15) is 5.69 Å². The maximum absolute atomic E-state index is 5.89. The molecule has 1 atom stereocenters. The van der Waals surface area contributed by atoms with Gasteiger partial charge in [0, 0.05) is 42.8 Å². The Labute approximate surface area is 123 Å². The fourth-order valence-electron chi connectivity index (χ4n) is 2.43. The molecule has 2 heterocycles. The summed E-state index contributed by atoms with van der Waals surface area (Å²) in [4.78, 5) is 2.39. The predicted octanol–water partition coefficient (Wildman–Crippen LogP) is 2.98. The summed E-state index contributed by atoms with van der Waals surface area (Å²) in [5.41, 5.74) is 1.96. The highest BCUT2D eigenvalue weighted by atomic mass is 35.5. The third-order valence-electron chi connectivity index (χ3n) is 3.72. The lowest BCUT2D eigenvalue weighted by Gasteiger charge is -2.30. The van der Waals surface area contributed by atoms with Crippen LogP contribution in [0.3, 0.4) is 0 Å². The van der Waals surface area contributed by atoms with Gasteiger partial charge in [-0.05, 0) is 31.2 Å². The molecule has 5 heteroatoms. The number of nitrogens with zero attached hydrogens (tertiary/aromatic N) is 3. The molecule has 1 aromatic heterocycles. The number of hydrogen-bond donors (Lipinski definition) is 0. The molecule has 0 spiro atoms. The molecule has 0 N–H and O–H groups in total. The van der Waals surface area contributed by atoms with Crippen molar-refractivity contribution in [3.8, 4) is 11.3 Å². The molecule has 1 fully saturated rings. The van der Waals surface area contributed by atoms with E-state index in [9.17, 15) is 0 Å². The second-order valence-electron chi connectivity index (χ2n) is 5.01. The van der Waals surface area contributed by atoms with E-state index in [2.05, 4.69) is 22.3 Å². The molecule has 4 nitrogen and oxygen atoms in total. The van der Waals surface area contributed by atoms with Crippen LogP contribution in [0.25, 0.3) is 11.3 Å². The van der Waals surface area contributed by atoms with Gasteiger partial charge in [0.25, 0.3) is 0 Å². The lowest BCUT2D eigenvalue weighted by atomic mass is 10.1. The Kier molecular flexibility index (Phi) is 4.05. The predicted molar refractivity (Wildman–Crippen MR) is 78.8 cm³/mol. The standard InChI is InChI=1S/C15H17ClN3O/c1-11(19-8-6-17-7-9-19)14-10-15(20-18-14)12-2-4-13(16)5-3-12/h2-5,10-11H,6-9H2,1H3. The van der Waals surface area contributed by atoms with Crippen LogP contribution in [0.1, 0.15) is 18.7 Å². The van der Waals surface area contributed by atoms with Gasteiger partial charge >= 0.3 is 0 Å². The quantitative estimate of drug-likeness (QED) is 0.873. The van der Waals surface area contributed by atoms with E-state index < -0.39 is 0 Å². The van der Waals surface area contributed by atoms with Gasteiger partial charge in [-0.25, -0.2) is 5.32 Å². The summed E-state index contributed by atoms with van der Waals surface area (Å²) in [6, 6.07) is 9.87. The monoisotopic (exact) mass is 290 g/mol. The molecule has 1 radical (unpaired) electrons. The van der Waals surface area contributed by atoms with Crippen LogP contribution < -0.4 is 5.32 Å². The van der Waals surface area contributed by atoms with Gasteiger partial charge in [0.15, 0.2) is 5.76 Å². The topological polar surface area (TPSA) is 43.4 Å². The molecule has 0 aliphatic carbocycles. The minimum Gasteiger partial charge on any atom is -0.356 e. The second-order valence-corrected chi connectivity index (χ2v) is 5.44. The maximum Gasteiger partial charge on any atom is 0.167 e. The lowest BCUT2D eigenvalue weighted by Crippen LogP contribution is -2.41. The van der Waals surface area contributed by atoms with Crippen molar-refractivity contribution in [3.63, 3.8) is 0 Å². The van der Waals surface area contributed by atoms with Crippen LogP contribution >= 0.6 is 11.6 Å². The minimum absolute atomic E-state index is 0.260. The molecular formula is C15H17ClN3O. The molecular weight excluding hydrogens is 274 g/mol. The molecule has 0 saturated carbocycles. The molecule has 0 amide bonds. The van der Waals surface area contributed by atoms with E-state index in [1.54, 1.807) is 0 Å². The zero-order chi connectivity index (χ0) is 13.9. The molecule has 1 aliphatic heterocycles. The summed E-state index contributed by atoms with van der Waals surface area (Å²) in [6.45, 7) is 5.96. The molecule has 0 bridgehead atoms. The van der Waals surface area contributed by atoms with Crippen molar-refractivity contribution >= 4 is 11.6 Å². The van der Waals surface area contributed by atoms with Crippen molar-refractivity contribution in [3.05, 3.63) is 41.0 Å². The van der Waals surface area contributed by atoms with E-state index >= 15 is 0 Å². The van der Waals surface area contributed by atoms with E-state index in [1.807, 2.05) is 30.3 Å². The van der Waals surface area contributed by atoms with E-state index in [-0.39, 0.29) is 6.04 Å². The summed E-state index contributed by atoms with van der Waals surface area (Å²) < 4.78 is 5.46. The van der Waals surface area contributed by atoms with Gasteiger partial charge in [-0.15, -0.1) is 0 Å². The second kappa shape index (κ2) is 5.95. The Bertz CT molecular complexity index is 561. The van der Waals surface area contributed by atoms with E-state index in [0.29, 0.717) is 0 Å². The van der Waals surface area contributed by atoms with Crippen molar-refractivity contribution in [2.45, 2.75) is 13.0 Å². The van der Waals surface area contributed by atoms with Crippen molar-refractivity contribution < 1.29 is 4.52 Å². The lowest BCUT2D eigenvalue weighted by molar-refractivity contribution is 0.177. The molecule has 20 heavy (non-hydrogen) atoms.